The molecule has 1 atom stereocenters. The number of likely N-dealkylation sites (tertiary alicyclic amines) is 1. The minimum absolute atomic E-state index is 0.209. The van der Waals surface area contributed by atoms with Gasteiger partial charge in [0.25, 0.3) is 0 Å². The summed E-state index contributed by atoms with van der Waals surface area (Å²) in [5, 5.41) is 20.0. The number of β-amino-alcohol motifs (C(OH)–C–C–N with tert-alkyl or cyclic N) is 1. The fourth-order valence-corrected chi connectivity index (χ4v) is 3.73. The number of rotatable bonds is 3. The maximum Gasteiger partial charge on any atom is 0.321 e. The highest BCUT2D eigenvalue weighted by atomic mass is 16.4. The van der Waals surface area contributed by atoms with Gasteiger partial charge >= 0.3 is 5.97 Å². The lowest BCUT2D eigenvalue weighted by Gasteiger charge is -2.46. The Morgan fingerprint density at radius 3 is 2.39 bits per heavy atom. The summed E-state index contributed by atoms with van der Waals surface area (Å²) in [5.41, 5.74) is -0.861. The summed E-state index contributed by atoms with van der Waals surface area (Å²) in [6, 6.07) is -0.462. The summed E-state index contributed by atoms with van der Waals surface area (Å²) >= 11 is 0. The van der Waals surface area contributed by atoms with E-state index in [1.165, 1.54) is 0 Å². The van der Waals surface area contributed by atoms with Crippen LogP contribution in [0.25, 0.3) is 0 Å². The summed E-state index contributed by atoms with van der Waals surface area (Å²) in [6.07, 6.45) is 5.72. The lowest BCUT2D eigenvalue weighted by atomic mass is 9.76. The van der Waals surface area contributed by atoms with Crippen LogP contribution >= 0.6 is 0 Å². The average molecular weight is 255 g/mol. The first-order chi connectivity index (χ1) is 8.34. The fraction of sp³-hybridized carbons (Fsp3) is 0.929. The lowest BCUT2D eigenvalue weighted by Crippen LogP contribution is -2.57. The zero-order chi connectivity index (χ0) is 13.4. The van der Waals surface area contributed by atoms with Gasteiger partial charge in [0.15, 0.2) is 0 Å². The van der Waals surface area contributed by atoms with E-state index in [0.29, 0.717) is 6.54 Å². The number of hydrogen-bond donors (Lipinski definition) is 2. The van der Waals surface area contributed by atoms with Gasteiger partial charge in [-0.15, -0.1) is 0 Å². The summed E-state index contributed by atoms with van der Waals surface area (Å²) in [6.45, 7) is 5.36. The molecular weight excluding hydrogens is 230 g/mol. The van der Waals surface area contributed by atoms with E-state index in [9.17, 15) is 15.0 Å². The zero-order valence-corrected chi connectivity index (χ0v) is 11.5. The minimum atomic E-state index is -0.749. The highest BCUT2D eigenvalue weighted by Gasteiger charge is 2.45. The van der Waals surface area contributed by atoms with Crippen LogP contribution in [0.1, 0.15) is 52.4 Å². The van der Waals surface area contributed by atoms with Gasteiger partial charge in [-0.05, 0) is 37.6 Å². The highest BCUT2D eigenvalue weighted by Crippen LogP contribution is 2.38. The standard InChI is InChI=1S/C14H25NO3/c1-13(2)6-5-9-15(11(13)12(16)17)10-14(18)7-3-4-8-14/h11,18H,3-10H2,1-2H3,(H,16,17). The average Bonchev–Trinajstić information content (AvgIpc) is 2.62. The van der Waals surface area contributed by atoms with Gasteiger partial charge in [0.1, 0.15) is 6.04 Å². The Labute approximate surface area is 109 Å². The van der Waals surface area contributed by atoms with Crippen LogP contribution < -0.4 is 0 Å². The van der Waals surface area contributed by atoms with Crippen molar-refractivity contribution in [3.8, 4) is 0 Å². The van der Waals surface area contributed by atoms with E-state index >= 15 is 0 Å². The Bertz CT molecular complexity index is 321. The van der Waals surface area contributed by atoms with Crippen molar-refractivity contribution < 1.29 is 15.0 Å². The Hall–Kier alpha value is -0.610. The number of carbonyl (C=O) groups is 1. The van der Waals surface area contributed by atoms with Gasteiger partial charge in [0.2, 0.25) is 0 Å². The largest absolute Gasteiger partial charge is 0.480 e. The molecule has 2 aliphatic rings. The molecule has 0 aromatic heterocycles. The van der Waals surface area contributed by atoms with Crippen LogP contribution in [0.5, 0.6) is 0 Å². The van der Waals surface area contributed by atoms with Crippen molar-refractivity contribution >= 4 is 5.97 Å². The van der Waals surface area contributed by atoms with Gasteiger partial charge in [0.05, 0.1) is 5.60 Å². The topological polar surface area (TPSA) is 60.8 Å². The predicted octanol–water partition coefficient (Wildman–Crippen LogP) is 1.87. The summed E-state index contributed by atoms with van der Waals surface area (Å²) in [4.78, 5) is 13.5. The lowest BCUT2D eigenvalue weighted by molar-refractivity contribution is -0.153. The molecule has 1 aliphatic carbocycles. The fourth-order valence-electron chi connectivity index (χ4n) is 3.73. The maximum atomic E-state index is 11.5. The van der Waals surface area contributed by atoms with Crippen molar-refractivity contribution in [3.05, 3.63) is 0 Å². The number of aliphatic carboxylic acids is 1. The SMILES string of the molecule is CC1(C)CCCN(CC2(O)CCCC2)C1C(=O)O. The molecule has 1 unspecified atom stereocenters. The van der Waals surface area contributed by atoms with Gasteiger partial charge < -0.3 is 10.2 Å². The predicted molar refractivity (Wildman–Crippen MR) is 69.4 cm³/mol. The molecule has 2 N–H and O–H groups in total. The first kappa shape index (κ1) is 13.8. The highest BCUT2D eigenvalue weighted by molar-refractivity contribution is 5.74. The van der Waals surface area contributed by atoms with Crippen LogP contribution in [-0.4, -0.2) is 45.8 Å². The molecule has 18 heavy (non-hydrogen) atoms. The molecule has 0 amide bonds. The van der Waals surface area contributed by atoms with E-state index in [-0.39, 0.29) is 5.41 Å². The second-order valence-electron chi connectivity index (χ2n) is 6.73. The van der Waals surface area contributed by atoms with Crippen LogP contribution in [0.3, 0.4) is 0 Å². The van der Waals surface area contributed by atoms with Crippen LogP contribution in [0.2, 0.25) is 0 Å². The monoisotopic (exact) mass is 255 g/mol. The summed E-state index contributed by atoms with van der Waals surface area (Å²) < 4.78 is 0. The smallest absolute Gasteiger partial charge is 0.321 e. The van der Waals surface area contributed by atoms with E-state index in [1.54, 1.807) is 0 Å². The molecule has 2 fully saturated rings. The van der Waals surface area contributed by atoms with Crippen LogP contribution in [0.4, 0.5) is 0 Å². The van der Waals surface area contributed by atoms with E-state index < -0.39 is 17.6 Å². The van der Waals surface area contributed by atoms with Crippen molar-refractivity contribution in [1.82, 2.24) is 4.90 Å². The molecule has 1 saturated carbocycles. The Morgan fingerprint density at radius 2 is 1.83 bits per heavy atom. The van der Waals surface area contributed by atoms with E-state index in [4.69, 9.17) is 0 Å². The van der Waals surface area contributed by atoms with Crippen molar-refractivity contribution in [1.29, 1.82) is 0 Å². The third-order valence-corrected chi connectivity index (χ3v) is 4.64. The Balaban J connectivity index is 2.12. The second kappa shape index (κ2) is 4.82. The molecule has 0 bridgehead atoms. The first-order valence-electron chi connectivity index (χ1n) is 7.03. The van der Waals surface area contributed by atoms with E-state index in [1.807, 2.05) is 18.7 Å². The molecule has 4 nitrogen and oxygen atoms in total. The van der Waals surface area contributed by atoms with Crippen LogP contribution in [0.15, 0.2) is 0 Å². The van der Waals surface area contributed by atoms with Crippen molar-refractivity contribution in [2.24, 2.45) is 5.41 Å². The van der Waals surface area contributed by atoms with E-state index in [2.05, 4.69) is 0 Å². The van der Waals surface area contributed by atoms with Crippen molar-refractivity contribution in [3.63, 3.8) is 0 Å². The molecule has 0 radical (unpaired) electrons. The normalized spacial score (nSPS) is 31.4. The van der Waals surface area contributed by atoms with Gasteiger partial charge in [0, 0.05) is 6.54 Å². The minimum Gasteiger partial charge on any atom is -0.480 e. The van der Waals surface area contributed by atoms with Crippen molar-refractivity contribution in [2.45, 2.75) is 64.0 Å². The number of piperidine rings is 1. The van der Waals surface area contributed by atoms with Gasteiger partial charge in [-0.1, -0.05) is 26.7 Å². The third-order valence-electron chi connectivity index (χ3n) is 4.64. The molecule has 4 heteroatoms. The van der Waals surface area contributed by atoms with Gasteiger partial charge in [-0.3, -0.25) is 9.69 Å². The molecule has 0 aromatic carbocycles. The van der Waals surface area contributed by atoms with Crippen molar-refractivity contribution in [2.75, 3.05) is 13.1 Å². The molecule has 1 saturated heterocycles. The molecule has 1 heterocycles. The molecular formula is C14H25NO3. The molecule has 0 aromatic rings. The van der Waals surface area contributed by atoms with Gasteiger partial charge in [-0.25, -0.2) is 0 Å². The molecule has 1 aliphatic heterocycles. The number of hydrogen-bond acceptors (Lipinski definition) is 3. The quantitative estimate of drug-likeness (QED) is 0.808. The molecule has 0 spiro atoms. The number of carboxylic acids is 1. The van der Waals surface area contributed by atoms with Crippen LogP contribution in [-0.2, 0) is 4.79 Å². The second-order valence-corrected chi connectivity index (χ2v) is 6.73. The van der Waals surface area contributed by atoms with E-state index in [0.717, 1.165) is 45.1 Å². The maximum absolute atomic E-state index is 11.5. The van der Waals surface area contributed by atoms with Crippen LogP contribution in [0, 0.1) is 5.41 Å². The summed E-state index contributed by atoms with van der Waals surface area (Å²) in [7, 11) is 0. The Kier molecular flexibility index (Phi) is 3.70. The number of carboxylic acid groups (broad SMARTS) is 1. The van der Waals surface area contributed by atoms with Gasteiger partial charge in [-0.2, -0.15) is 0 Å². The first-order valence-corrected chi connectivity index (χ1v) is 7.03. The summed E-state index contributed by atoms with van der Waals surface area (Å²) in [5.74, 6) is -0.749. The third kappa shape index (κ3) is 2.69. The number of aliphatic hydroxyl groups is 1. The Morgan fingerprint density at radius 1 is 1.22 bits per heavy atom. The zero-order valence-electron chi connectivity index (χ0n) is 11.5. The molecule has 104 valence electrons. The molecule has 2 rings (SSSR count). The number of nitrogens with zero attached hydrogens (tertiary/aromatic N) is 1.